The number of benzene rings is 1. The molecule has 4 heteroatoms. The Kier molecular flexibility index (Phi) is 4.50. The third-order valence-electron chi connectivity index (χ3n) is 4.97. The van der Waals surface area contributed by atoms with Crippen LogP contribution in [0.2, 0.25) is 0 Å². The van der Waals surface area contributed by atoms with Gasteiger partial charge in [0.2, 0.25) is 5.91 Å². The fourth-order valence-electron chi connectivity index (χ4n) is 3.61. The number of rotatable bonds is 5. The van der Waals surface area contributed by atoms with Crippen LogP contribution in [-0.2, 0) is 9.53 Å². The number of fused-ring (bicyclic) bond motifs is 2. The van der Waals surface area contributed by atoms with E-state index < -0.39 is 6.10 Å². The van der Waals surface area contributed by atoms with E-state index >= 15 is 0 Å². The van der Waals surface area contributed by atoms with Crippen molar-refractivity contribution in [3.05, 3.63) is 35.4 Å². The molecule has 3 rings (SSSR count). The molecule has 120 valence electrons. The summed E-state index contributed by atoms with van der Waals surface area (Å²) < 4.78 is 5.79. The van der Waals surface area contributed by atoms with E-state index in [1.54, 1.807) is 4.90 Å². The van der Waals surface area contributed by atoms with E-state index in [1.807, 2.05) is 38.1 Å². The summed E-state index contributed by atoms with van der Waals surface area (Å²) in [6, 6.07) is 7.83. The first-order chi connectivity index (χ1) is 10.6. The number of ether oxygens (including phenoxy) is 1. The lowest BCUT2D eigenvalue weighted by Gasteiger charge is -2.29. The van der Waals surface area contributed by atoms with Crippen molar-refractivity contribution < 1.29 is 14.6 Å². The van der Waals surface area contributed by atoms with Crippen molar-refractivity contribution in [1.29, 1.82) is 0 Å². The van der Waals surface area contributed by atoms with E-state index in [0.29, 0.717) is 13.1 Å². The van der Waals surface area contributed by atoms with E-state index in [4.69, 9.17) is 4.74 Å². The van der Waals surface area contributed by atoms with Crippen molar-refractivity contribution in [3.8, 4) is 0 Å². The molecule has 0 radical (unpaired) electrons. The summed E-state index contributed by atoms with van der Waals surface area (Å²) in [5.74, 6) is 0.129. The first kappa shape index (κ1) is 15.5. The predicted molar refractivity (Wildman–Crippen MR) is 84.4 cm³/mol. The van der Waals surface area contributed by atoms with Crippen LogP contribution in [0, 0.1) is 12.8 Å². The second kappa shape index (κ2) is 6.39. The van der Waals surface area contributed by atoms with Gasteiger partial charge in [-0.05, 0) is 38.7 Å². The molecule has 0 aliphatic carbocycles. The summed E-state index contributed by atoms with van der Waals surface area (Å²) in [5, 5.41) is 10.4. The highest BCUT2D eigenvalue weighted by atomic mass is 16.5. The Bertz CT molecular complexity index is 528. The fraction of sp³-hybridized carbons (Fsp3) is 0.611. The highest BCUT2D eigenvalue weighted by molar-refractivity contribution is 5.80. The van der Waals surface area contributed by atoms with Crippen molar-refractivity contribution in [2.75, 3.05) is 13.1 Å². The summed E-state index contributed by atoms with van der Waals surface area (Å²) >= 11 is 0. The summed E-state index contributed by atoms with van der Waals surface area (Å²) in [6.45, 7) is 4.96. The topological polar surface area (TPSA) is 49.8 Å². The number of carbonyl (C=O) groups is 1. The lowest BCUT2D eigenvalue weighted by atomic mass is 9.88. The third-order valence-corrected chi connectivity index (χ3v) is 4.97. The summed E-state index contributed by atoms with van der Waals surface area (Å²) in [5.41, 5.74) is 2.03. The number of amides is 1. The Morgan fingerprint density at radius 2 is 2.09 bits per heavy atom. The largest absolute Gasteiger partial charge is 0.387 e. The van der Waals surface area contributed by atoms with Crippen LogP contribution in [0.1, 0.15) is 43.4 Å². The molecule has 4 atom stereocenters. The zero-order chi connectivity index (χ0) is 15.7. The highest BCUT2D eigenvalue weighted by Crippen LogP contribution is 2.39. The van der Waals surface area contributed by atoms with Gasteiger partial charge in [-0.15, -0.1) is 0 Å². The Labute approximate surface area is 132 Å². The maximum Gasteiger partial charge on any atom is 0.228 e. The van der Waals surface area contributed by atoms with Crippen LogP contribution in [0.25, 0.3) is 0 Å². The van der Waals surface area contributed by atoms with Crippen LogP contribution in [-0.4, -0.2) is 41.2 Å². The molecule has 4 nitrogen and oxygen atoms in total. The number of nitrogens with zero attached hydrogens (tertiary/aromatic N) is 1. The fourth-order valence-corrected chi connectivity index (χ4v) is 3.61. The van der Waals surface area contributed by atoms with Crippen LogP contribution in [0.15, 0.2) is 24.3 Å². The molecule has 2 fully saturated rings. The normalized spacial score (nSPS) is 27.9. The molecule has 2 bridgehead atoms. The predicted octanol–water partition coefficient (Wildman–Crippen LogP) is 2.44. The number of aliphatic hydroxyl groups excluding tert-OH is 1. The Hall–Kier alpha value is -1.39. The standard InChI is InChI=1S/C18H25NO3/c1-3-19(11-16(20)13-6-4-12(2)5-7-13)18(21)15-10-14-8-9-17(15)22-14/h4-7,14-17,20H,3,8-11H2,1-2H3/t14-,15-,16+,17-/m1/s1. The van der Waals surface area contributed by atoms with Gasteiger partial charge in [-0.3, -0.25) is 4.79 Å². The molecular weight excluding hydrogens is 278 g/mol. The molecule has 1 aromatic carbocycles. The van der Waals surface area contributed by atoms with Crippen molar-refractivity contribution >= 4 is 5.91 Å². The van der Waals surface area contributed by atoms with E-state index in [0.717, 1.165) is 24.8 Å². The van der Waals surface area contributed by atoms with Crippen LogP contribution in [0.4, 0.5) is 0 Å². The molecule has 2 heterocycles. The van der Waals surface area contributed by atoms with Gasteiger partial charge in [-0.2, -0.15) is 0 Å². The van der Waals surface area contributed by atoms with Gasteiger partial charge >= 0.3 is 0 Å². The second-order valence-electron chi connectivity index (χ2n) is 6.52. The number of aryl methyl sites for hydroxylation is 1. The smallest absolute Gasteiger partial charge is 0.228 e. The summed E-state index contributed by atoms with van der Waals surface area (Å²) in [7, 11) is 0. The van der Waals surface area contributed by atoms with Crippen LogP contribution < -0.4 is 0 Å². The van der Waals surface area contributed by atoms with Crippen LogP contribution in [0.3, 0.4) is 0 Å². The first-order valence-electron chi connectivity index (χ1n) is 8.27. The maximum atomic E-state index is 12.7. The minimum atomic E-state index is -0.635. The minimum Gasteiger partial charge on any atom is -0.387 e. The number of aliphatic hydroxyl groups is 1. The van der Waals surface area contributed by atoms with Crippen molar-refractivity contribution in [1.82, 2.24) is 4.90 Å². The molecule has 0 saturated carbocycles. The molecular formula is C18H25NO3. The molecule has 2 saturated heterocycles. The summed E-state index contributed by atoms with van der Waals surface area (Å²) in [6.07, 6.45) is 2.68. The Balaban J connectivity index is 1.63. The number of hydrogen-bond acceptors (Lipinski definition) is 3. The average molecular weight is 303 g/mol. The Morgan fingerprint density at radius 1 is 1.36 bits per heavy atom. The lowest BCUT2D eigenvalue weighted by Crippen LogP contribution is -2.41. The van der Waals surface area contributed by atoms with Gasteiger partial charge < -0.3 is 14.7 Å². The zero-order valence-electron chi connectivity index (χ0n) is 13.4. The SMILES string of the molecule is CCN(C[C@H](O)c1ccc(C)cc1)C(=O)[C@@H]1C[C@H]2CC[C@H]1O2. The molecule has 1 N–H and O–H groups in total. The van der Waals surface area contributed by atoms with Crippen molar-refractivity contribution in [2.45, 2.75) is 51.4 Å². The van der Waals surface area contributed by atoms with Gasteiger partial charge in [0.1, 0.15) is 0 Å². The minimum absolute atomic E-state index is 0.0103. The molecule has 0 unspecified atom stereocenters. The van der Waals surface area contributed by atoms with Crippen LogP contribution >= 0.6 is 0 Å². The van der Waals surface area contributed by atoms with Crippen molar-refractivity contribution in [3.63, 3.8) is 0 Å². The molecule has 0 spiro atoms. The van der Waals surface area contributed by atoms with Gasteiger partial charge in [-0.25, -0.2) is 0 Å². The van der Waals surface area contributed by atoms with Crippen molar-refractivity contribution in [2.24, 2.45) is 5.92 Å². The Morgan fingerprint density at radius 3 is 2.64 bits per heavy atom. The molecule has 2 aliphatic rings. The number of likely N-dealkylation sites (N-methyl/N-ethyl adjacent to an activating group) is 1. The van der Waals surface area contributed by atoms with Gasteiger partial charge in [0, 0.05) is 6.54 Å². The third kappa shape index (κ3) is 3.03. The summed E-state index contributed by atoms with van der Waals surface area (Å²) in [4.78, 5) is 14.5. The average Bonchev–Trinajstić information content (AvgIpc) is 3.15. The van der Waals surface area contributed by atoms with Crippen LogP contribution in [0.5, 0.6) is 0 Å². The first-order valence-corrected chi connectivity index (χ1v) is 8.27. The molecule has 2 aliphatic heterocycles. The monoisotopic (exact) mass is 303 g/mol. The lowest BCUT2D eigenvalue weighted by molar-refractivity contribution is -0.138. The van der Waals surface area contributed by atoms with Gasteiger partial charge in [-0.1, -0.05) is 29.8 Å². The number of carbonyl (C=O) groups excluding carboxylic acids is 1. The number of hydrogen-bond donors (Lipinski definition) is 1. The van der Waals surface area contributed by atoms with Gasteiger partial charge in [0.05, 0.1) is 30.8 Å². The van der Waals surface area contributed by atoms with E-state index in [1.165, 1.54) is 5.56 Å². The van der Waals surface area contributed by atoms with E-state index in [2.05, 4.69) is 0 Å². The van der Waals surface area contributed by atoms with E-state index in [-0.39, 0.29) is 24.0 Å². The maximum absolute atomic E-state index is 12.7. The van der Waals surface area contributed by atoms with Gasteiger partial charge in [0.25, 0.3) is 0 Å². The van der Waals surface area contributed by atoms with Gasteiger partial charge in [0.15, 0.2) is 0 Å². The molecule has 1 aromatic rings. The quantitative estimate of drug-likeness (QED) is 0.909. The second-order valence-corrected chi connectivity index (χ2v) is 6.52. The van der Waals surface area contributed by atoms with E-state index in [9.17, 15) is 9.90 Å². The molecule has 22 heavy (non-hydrogen) atoms. The molecule has 0 aromatic heterocycles. The zero-order valence-corrected chi connectivity index (χ0v) is 13.4. The molecule has 1 amide bonds. The highest BCUT2D eigenvalue weighted by Gasteiger charge is 2.45.